The molecule has 98 valence electrons. The number of carboxylic acid groups (broad SMARTS) is 3. The topological polar surface area (TPSA) is 125 Å². The number of furan rings is 1. The van der Waals surface area contributed by atoms with Gasteiger partial charge in [0.1, 0.15) is 5.76 Å². The number of aromatic carboxylic acids is 1. The Kier molecular flexibility index (Phi) is 4.47. The Morgan fingerprint density at radius 2 is 1.83 bits per heavy atom. The molecule has 0 saturated heterocycles. The second kappa shape index (κ2) is 5.85. The summed E-state index contributed by atoms with van der Waals surface area (Å²) in [6, 6.07) is 2.61. The summed E-state index contributed by atoms with van der Waals surface area (Å²) in [5, 5.41) is 26.0. The minimum Gasteiger partial charge on any atom is -0.481 e. The fourth-order valence-corrected chi connectivity index (χ4v) is 1.46. The lowest BCUT2D eigenvalue weighted by Crippen LogP contribution is -2.17. The van der Waals surface area contributed by atoms with E-state index in [2.05, 4.69) is 0 Å². The highest BCUT2D eigenvalue weighted by molar-refractivity contribution is 5.84. The van der Waals surface area contributed by atoms with Crippen molar-refractivity contribution < 1.29 is 34.1 Å². The van der Waals surface area contributed by atoms with Crippen LogP contribution < -0.4 is 0 Å². The molecular weight excluding hydrogens is 244 g/mol. The first-order chi connectivity index (χ1) is 8.40. The van der Waals surface area contributed by atoms with E-state index in [4.69, 9.17) is 19.7 Å². The Hall–Kier alpha value is -2.31. The molecule has 1 aromatic rings. The summed E-state index contributed by atoms with van der Waals surface area (Å²) in [5.41, 5.74) is 0. The zero-order valence-corrected chi connectivity index (χ0v) is 9.33. The van der Waals surface area contributed by atoms with Crippen molar-refractivity contribution in [1.29, 1.82) is 0 Å². The molecular formula is C11H12O7. The van der Waals surface area contributed by atoms with Crippen LogP contribution in [0.2, 0.25) is 0 Å². The van der Waals surface area contributed by atoms with Crippen LogP contribution in [0.4, 0.5) is 0 Å². The summed E-state index contributed by atoms with van der Waals surface area (Å²) in [4.78, 5) is 31.8. The van der Waals surface area contributed by atoms with Crippen LogP contribution in [-0.4, -0.2) is 33.2 Å². The molecule has 7 heteroatoms. The van der Waals surface area contributed by atoms with Crippen LogP contribution in [0.25, 0.3) is 0 Å². The van der Waals surface area contributed by atoms with Crippen molar-refractivity contribution in [1.82, 2.24) is 0 Å². The van der Waals surface area contributed by atoms with Gasteiger partial charge in [0.2, 0.25) is 5.76 Å². The maximum Gasteiger partial charge on any atom is 0.371 e. The highest BCUT2D eigenvalue weighted by atomic mass is 16.4. The highest BCUT2D eigenvalue weighted by Gasteiger charge is 2.21. The van der Waals surface area contributed by atoms with E-state index >= 15 is 0 Å². The van der Waals surface area contributed by atoms with Crippen molar-refractivity contribution >= 4 is 17.9 Å². The lowest BCUT2D eigenvalue weighted by Gasteiger charge is -2.08. The molecule has 0 spiro atoms. The first-order valence-corrected chi connectivity index (χ1v) is 5.16. The summed E-state index contributed by atoms with van der Waals surface area (Å²) in [7, 11) is 0. The molecule has 7 nitrogen and oxygen atoms in total. The zero-order chi connectivity index (χ0) is 13.7. The number of hydrogen-bond donors (Lipinski definition) is 3. The van der Waals surface area contributed by atoms with Crippen molar-refractivity contribution in [3.05, 3.63) is 23.7 Å². The molecule has 18 heavy (non-hydrogen) atoms. The predicted molar refractivity (Wildman–Crippen MR) is 57.4 cm³/mol. The molecule has 0 aliphatic rings. The fraction of sp³-hybridized carbons (Fsp3) is 0.364. The van der Waals surface area contributed by atoms with Gasteiger partial charge in [-0.25, -0.2) is 4.79 Å². The normalized spacial score (nSPS) is 12.0. The number of carbonyl (C=O) groups is 3. The standard InChI is InChI=1S/C11H12O7/c12-9(13)4-1-6(10(14)15)5-7-2-3-8(18-7)11(16)17/h2-3,6H,1,4-5H2,(H,12,13)(H,14,15)(H,16,17). The van der Waals surface area contributed by atoms with Crippen LogP contribution in [0.1, 0.15) is 29.2 Å². The minimum absolute atomic E-state index is 0.0319. The van der Waals surface area contributed by atoms with Crippen molar-refractivity contribution in [2.45, 2.75) is 19.3 Å². The van der Waals surface area contributed by atoms with Crippen molar-refractivity contribution in [2.24, 2.45) is 5.92 Å². The molecule has 0 amide bonds. The Morgan fingerprint density at radius 1 is 1.17 bits per heavy atom. The Labute approximate surface area is 102 Å². The first kappa shape index (κ1) is 13.8. The van der Waals surface area contributed by atoms with Gasteiger partial charge >= 0.3 is 17.9 Å². The minimum atomic E-state index is -1.24. The molecule has 0 aromatic carbocycles. The van der Waals surface area contributed by atoms with Crippen LogP contribution in [0, 0.1) is 5.92 Å². The Morgan fingerprint density at radius 3 is 2.28 bits per heavy atom. The molecule has 0 fully saturated rings. The second-order valence-corrected chi connectivity index (χ2v) is 3.74. The predicted octanol–water partition coefficient (Wildman–Crippen LogP) is 1.09. The third-order valence-electron chi connectivity index (χ3n) is 2.38. The second-order valence-electron chi connectivity index (χ2n) is 3.74. The summed E-state index contributed by atoms with van der Waals surface area (Å²) in [5.74, 6) is -4.42. The van der Waals surface area contributed by atoms with E-state index in [9.17, 15) is 14.4 Å². The van der Waals surface area contributed by atoms with E-state index in [1.54, 1.807) is 0 Å². The molecule has 3 N–H and O–H groups in total. The van der Waals surface area contributed by atoms with Crippen LogP contribution in [0.5, 0.6) is 0 Å². The van der Waals surface area contributed by atoms with Gasteiger partial charge in [-0.3, -0.25) is 9.59 Å². The Balaban J connectivity index is 2.67. The molecule has 0 radical (unpaired) electrons. The smallest absolute Gasteiger partial charge is 0.371 e. The van der Waals surface area contributed by atoms with Gasteiger partial charge in [-0.2, -0.15) is 0 Å². The molecule has 1 atom stereocenters. The number of aliphatic carboxylic acids is 2. The van der Waals surface area contributed by atoms with E-state index in [1.165, 1.54) is 12.1 Å². The molecule has 0 aliphatic carbocycles. The van der Waals surface area contributed by atoms with E-state index in [0.29, 0.717) is 0 Å². The summed E-state index contributed by atoms with van der Waals surface area (Å²) in [6.45, 7) is 0. The van der Waals surface area contributed by atoms with E-state index in [-0.39, 0.29) is 30.8 Å². The maximum atomic E-state index is 10.9. The maximum absolute atomic E-state index is 10.9. The molecule has 0 aliphatic heterocycles. The number of hydrogen-bond acceptors (Lipinski definition) is 4. The molecule has 0 bridgehead atoms. The molecule has 1 unspecified atom stereocenters. The molecule has 1 heterocycles. The highest BCUT2D eigenvalue weighted by Crippen LogP contribution is 2.17. The Bertz CT molecular complexity index is 460. The van der Waals surface area contributed by atoms with Gasteiger partial charge in [-0.1, -0.05) is 0 Å². The first-order valence-electron chi connectivity index (χ1n) is 5.16. The number of carboxylic acids is 3. The van der Waals surface area contributed by atoms with Crippen molar-refractivity contribution in [3.63, 3.8) is 0 Å². The van der Waals surface area contributed by atoms with Crippen LogP contribution in [0.15, 0.2) is 16.5 Å². The van der Waals surface area contributed by atoms with Crippen LogP contribution in [-0.2, 0) is 16.0 Å². The lowest BCUT2D eigenvalue weighted by atomic mass is 9.98. The van der Waals surface area contributed by atoms with Gasteiger partial charge in [0.25, 0.3) is 0 Å². The van der Waals surface area contributed by atoms with Crippen LogP contribution >= 0.6 is 0 Å². The largest absolute Gasteiger partial charge is 0.481 e. The van der Waals surface area contributed by atoms with E-state index in [1.807, 2.05) is 0 Å². The van der Waals surface area contributed by atoms with Crippen LogP contribution in [0.3, 0.4) is 0 Å². The third-order valence-corrected chi connectivity index (χ3v) is 2.38. The monoisotopic (exact) mass is 256 g/mol. The number of rotatable bonds is 7. The zero-order valence-electron chi connectivity index (χ0n) is 9.33. The summed E-state index contributed by atoms with van der Waals surface area (Å²) >= 11 is 0. The summed E-state index contributed by atoms with van der Waals surface area (Å²) < 4.78 is 4.92. The fourth-order valence-electron chi connectivity index (χ4n) is 1.46. The average Bonchev–Trinajstić information content (AvgIpc) is 2.71. The van der Waals surface area contributed by atoms with E-state index < -0.39 is 23.8 Å². The SMILES string of the molecule is O=C(O)CCC(Cc1ccc(C(=O)O)o1)C(=O)O. The summed E-state index contributed by atoms with van der Waals surface area (Å²) in [6.07, 6.45) is -0.326. The van der Waals surface area contributed by atoms with Gasteiger partial charge in [0.15, 0.2) is 0 Å². The molecule has 1 rings (SSSR count). The van der Waals surface area contributed by atoms with Crippen molar-refractivity contribution in [3.8, 4) is 0 Å². The van der Waals surface area contributed by atoms with Gasteiger partial charge in [-0.05, 0) is 18.6 Å². The van der Waals surface area contributed by atoms with Gasteiger partial charge in [0.05, 0.1) is 5.92 Å². The van der Waals surface area contributed by atoms with Gasteiger partial charge < -0.3 is 19.7 Å². The van der Waals surface area contributed by atoms with Gasteiger partial charge in [0, 0.05) is 12.8 Å². The molecule has 1 aromatic heterocycles. The van der Waals surface area contributed by atoms with E-state index in [0.717, 1.165) is 0 Å². The quantitative estimate of drug-likeness (QED) is 0.666. The third kappa shape index (κ3) is 3.93. The molecule has 0 saturated carbocycles. The van der Waals surface area contributed by atoms with Gasteiger partial charge in [-0.15, -0.1) is 0 Å². The average molecular weight is 256 g/mol. The van der Waals surface area contributed by atoms with Crippen molar-refractivity contribution in [2.75, 3.05) is 0 Å². The lowest BCUT2D eigenvalue weighted by molar-refractivity contribution is -0.143.